The van der Waals surface area contributed by atoms with Gasteiger partial charge in [-0.05, 0) is 44.1 Å². The first-order valence-electron chi connectivity index (χ1n) is 6.38. The van der Waals surface area contributed by atoms with Crippen molar-refractivity contribution in [2.75, 3.05) is 19.6 Å². The van der Waals surface area contributed by atoms with Crippen LogP contribution >= 0.6 is 0 Å². The Hall–Kier alpha value is -0.930. The highest BCUT2D eigenvalue weighted by molar-refractivity contribution is 5.18. The molecule has 2 N–H and O–H groups in total. The molecule has 1 rings (SSSR count). The maximum atomic E-state index is 13.4. The van der Waals surface area contributed by atoms with Crippen LogP contribution in [0.3, 0.4) is 0 Å². The smallest absolute Gasteiger partial charge is 0.126 e. The summed E-state index contributed by atoms with van der Waals surface area (Å²) in [7, 11) is 0. The molecule has 0 aliphatic rings. The first-order chi connectivity index (χ1) is 8.17. The molecule has 0 aliphatic heterocycles. The molecule has 1 aromatic carbocycles. The van der Waals surface area contributed by atoms with E-state index in [1.165, 1.54) is 6.07 Å². The van der Waals surface area contributed by atoms with Crippen molar-refractivity contribution in [2.45, 2.75) is 32.7 Å². The maximum absolute atomic E-state index is 13.4. The van der Waals surface area contributed by atoms with Crippen LogP contribution in [0, 0.1) is 5.82 Å². The van der Waals surface area contributed by atoms with Crippen LogP contribution in [0.15, 0.2) is 24.3 Å². The molecule has 3 heteroatoms. The van der Waals surface area contributed by atoms with Crippen molar-refractivity contribution in [3.63, 3.8) is 0 Å². The van der Waals surface area contributed by atoms with Gasteiger partial charge in [-0.25, -0.2) is 4.39 Å². The normalized spacial score (nSPS) is 13.0. The van der Waals surface area contributed by atoms with Crippen molar-refractivity contribution in [1.82, 2.24) is 4.90 Å². The van der Waals surface area contributed by atoms with Gasteiger partial charge < -0.3 is 10.6 Å². The summed E-state index contributed by atoms with van der Waals surface area (Å²) in [6.07, 6.45) is 1.53. The molecule has 0 saturated heterocycles. The minimum atomic E-state index is -0.147. The average molecular weight is 238 g/mol. The molecule has 0 amide bonds. The van der Waals surface area contributed by atoms with E-state index < -0.39 is 0 Å². The van der Waals surface area contributed by atoms with E-state index in [1.807, 2.05) is 12.1 Å². The van der Waals surface area contributed by atoms with E-state index in [-0.39, 0.29) is 11.9 Å². The number of nitrogens with two attached hydrogens (primary N) is 1. The number of benzene rings is 1. The number of halogens is 1. The van der Waals surface area contributed by atoms with Crippen LogP contribution in [0.25, 0.3) is 0 Å². The first-order valence-corrected chi connectivity index (χ1v) is 6.38. The molecule has 1 unspecified atom stereocenters. The Morgan fingerprint density at radius 3 is 2.47 bits per heavy atom. The lowest BCUT2D eigenvalue weighted by Gasteiger charge is -2.20. The molecule has 0 spiro atoms. The molecule has 0 fully saturated rings. The van der Waals surface area contributed by atoms with Gasteiger partial charge in [-0.1, -0.05) is 32.0 Å². The predicted octanol–water partition coefficient (Wildman–Crippen LogP) is 2.43. The van der Waals surface area contributed by atoms with E-state index in [4.69, 9.17) is 5.73 Å². The zero-order valence-electron chi connectivity index (χ0n) is 10.8. The Labute approximate surface area is 104 Å². The lowest BCUT2D eigenvalue weighted by Crippen LogP contribution is -2.31. The zero-order valence-corrected chi connectivity index (χ0v) is 10.8. The van der Waals surface area contributed by atoms with Crippen LogP contribution in [-0.4, -0.2) is 30.6 Å². The lowest BCUT2D eigenvalue weighted by molar-refractivity contribution is 0.289. The molecule has 0 heterocycles. The Bertz CT molecular complexity index is 324. The van der Waals surface area contributed by atoms with Crippen molar-refractivity contribution in [2.24, 2.45) is 5.73 Å². The topological polar surface area (TPSA) is 29.3 Å². The SMILES string of the molecule is CCN(CC)CCC(N)Cc1ccccc1F. The van der Waals surface area contributed by atoms with Gasteiger partial charge in [0, 0.05) is 6.04 Å². The van der Waals surface area contributed by atoms with Gasteiger partial charge in [-0.3, -0.25) is 0 Å². The van der Waals surface area contributed by atoms with E-state index >= 15 is 0 Å². The molecule has 0 aliphatic carbocycles. The van der Waals surface area contributed by atoms with Crippen LogP contribution in [0.4, 0.5) is 4.39 Å². The standard InChI is InChI=1S/C14H23FN2/c1-3-17(4-2)10-9-13(16)11-12-7-5-6-8-14(12)15/h5-8,13H,3-4,9-11,16H2,1-2H3. The fourth-order valence-electron chi connectivity index (χ4n) is 1.94. The largest absolute Gasteiger partial charge is 0.327 e. The summed E-state index contributed by atoms with van der Waals surface area (Å²) in [5, 5.41) is 0. The zero-order chi connectivity index (χ0) is 12.7. The molecule has 0 radical (unpaired) electrons. The molecule has 1 aromatic rings. The Balaban J connectivity index is 2.39. The van der Waals surface area contributed by atoms with E-state index in [2.05, 4.69) is 18.7 Å². The monoisotopic (exact) mass is 238 g/mol. The highest BCUT2D eigenvalue weighted by Gasteiger charge is 2.09. The summed E-state index contributed by atoms with van der Waals surface area (Å²) in [6.45, 7) is 7.37. The quantitative estimate of drug-likeness (QED) is 0.790. The van der Waals surface area contributed by atoms with Crippen molar-refractivity contribution in [3.8, 4) is 0 Å². The molecule has 0 aromatic heterocycles. The fourth-order valence-corrected chi connectivity index (χ4v) is 1.94. The second-order valence-electron chi connectivity index (χ2n) is 4.37. The summed E-state index contributed by atoms with van der Waals surface area (Å²) < 4.78 is 13.4. The third-order valence-corrected chi connectivity index (χ3v) is 3.15. The number of rotatable bonds is 7. The molecule has 2 nitrogen and oxygen atoms in total. The van der Waals surface area contributed by atoms with Crippen molar-refractivity contribution in [1.29, 1.82) is 0 Å². The summed E-state index contributed by atoms with van der Waals surface area (Å²) >= 11 is 0. The molecule has 1 atom stereocenters. The second kappa shape index (κ2) is 7.41. The Morgan fingerprint density at radius 1 is 1.24 bits per heavy atom. The van der Waals surface area contributed by atoms with Gasteiger partial charge in [0.05, 0.1) is 0 Å². The summed E-state index contributed by atoms with van der Waals surface area (Å²) in [5.74, 6) is -0.147. The average Bonchev–Trinajstić information content (AvgIpc) is 2.33. The third-order valence-electron chi connectivity index (χ3n) is 3.15. The van der Waals surface area contributed by atoms with Gasteiger partial charge in [-0.15, -0.1) is 0 Å². The van der Waals surface area contributed by atoms with Gasteiger partial charge in [0.25, 0.3) is 0 Å². The third kappa shape index (κ3) is 4.84. The van der Waals surface area contributed by atoms with E-state index in [0.29, 0.717) is 6.42 Å². The Kier molecular flexibility index (Phi) is 6.16. The van der Waals surface area contributed by atoms with Crippen LogP contribution in [0.5, 0.6) is 0 Å². The molecule has 0 saturated carbocycles. The van der Waals surface area contributed by atoms with E-state index in [9.17, 15) is 4.39 Å². The van der Waals surface area contributed by atoms with Crippen LogP contribution < -0.4 is 5.73 Å². The number of hydrogen-bond donors (Lipinski definition) is 1. The molecule has 96 valence electrons. The number of nitrogens with zero attached hydrogens (tertiary/aromatic N) is 1. The highest BCUT2D eigenvalue weighted by Crippen LogP contribution is 2.10. The van der Waals surface area contributed by atoms with Crippen LogP contribution in [0.1, 0.15) is 25.8 Å². The number of hydrogen-bond acceptors (Lipinski definition) is 2. The lowest BCUT2D eigenvalue weighted by atomic mass is 10.0. The summed E-state index contributed by atoms with van der Waals surface area (Å²) in [6, 6.07) is 6.90. The van der Waals surface area contributed by atoms with Crippen molar-refractivity contribution < 1.29 is 4.39 Å². The summed E-state index contributed by atoms with van der Waals surface area (Å²) in [4.78, 5) is 2.33. The second-order valence-corrected chi connectivity index (χ2v) is 4.37. The molecule has 0 bridgehead atoms. The summed E-state index contributed by atoms with van der Waals surface area (Å²) in [5.41, 5.74) is 6.76. The maximum Gasteiger partial charge on any atom is 0.126 e. The van der Waals surface area contributed by atoms with Crippen LogP contribution in [0.2, 0.25) is 0 Å². The van der Waals surface area contributed by atoms with E-state index in [0.717, 1.165) is 31.6 Å². The molecular weight excluding hydrogens is 215 g/mol. The van der Waals surface area contributed by atoms with Gasteiger partial charge in [-0.2, -0.15) is 0 Å². The van der Waals surface area contributed by atoms with Gasteiger partial charge in [0.15, 0.2) is 0 Å². The van der Waals surface area contributed by atoms with Crippen molar-refractivity contribution in [3.05, 3.63) is 35.6 Å². The minimum absolute atomic E-state index is 0.0347. The molecular formula is C14H23FN2. The minimum Gasteiger partial charge on any atom is -0.327 e. The predicted molar refractivity (Wildman–Crippen MR) is 70.5 cm³/mol. The van der Waals surface area contributed by atoms with Gasteiger partial charge >= 0.3 is 0 Å². The Morgan fingerprint density at radius 2 is 1.88 bits per heavy atom. The van der Waals surface area contributed by atoms with Crippen LogP contribution in [-0.2, 0) is 6.42 Å². The fraction of sp³-hybridized carbons (Fsp3) is 0.571. The first kappa shape index (κ1) is 14.1. The van der Waals surface area contributed by atoms with Gasteiger partial charge in [0.1, 0.15) is 5.82 Å². The van der Waals surface area contributed by atoms with E-state index in [1.54, 1.807) is 6.07 Å². The highest BCUT2D eigenvalue weighted by atomic mass is 19.1. The van der Waals surface area contributed by atoms with Crippen molar-refractivity contribution >= 4 is 0 Å². The molecule has 17 heavy (non-hydrogen) atoms. The van der Waals surface area contributed by atoms with Gasteiger partial charge in [0.2, 0.25) is 0 Å².